The summed E-state index contributed by atoms with van der Waals surface area (Å²) in [5.41, 5.74) is 2.10. The highest BCUT2D eigenvalue weighted by molar-refractivity contribution is 5.42. The average molecular weight is 275 g/mol. The summed E-state index contributed by atoms with van der Waals surface area (Å²) < 4.78 is 12.8. The van der Waals surface area contributed by atoms with Gasteiger partial charge in [-0.15, -0.1) is 0 Å². The zero-order valence-corrected chi connectivity index (χ0v) is 12.4. The fraction of sp³-hybridized carbons (Fsp3) is 0.400. The number of methoxy groups -OCH3 is 2. The second-order valence-electron chi connectivity index (χ2n) is 4.62. The number of aromatic nitrogens is 2. The Morgan fingerprint density at radius 3 is 2.75 bits per heavy atom. The predicted molar refractivity (Wildman–Crippen MR) is 78.3 cm³/mol. The molecule has 1 N–H and O–H groups in total. The molecule has 5 nitrogen and oxygen atoms in total. The van der Waals surface area contributed by atoms with Crippen molar-refractivity contribution >= 4 is 0 Å². The molecule has 0 saturated heterocycles. The van der Waals surface area contributed by atoms with Gasteiger partial charge in [0.25, 0.3) is 0 Å². The van der Waals surface area contributed by atoms with E-state index in [1.807, 2.05) is 13.2 Å². The fourth-order valence-electron chi connectivity index (χ4n) is 2.12. The van der Waals surface area contributed by atoms with Crippen molar-refractivity contribution in [3.8, 4) is 11.5 Å². The van der Waals surface area contributed by atoms with Gasteiger partial charge in [-0.2, -0.15) is 0 Å². The molecule has 1 atom stereocenters. The molecule has 0 amide bonds. The van der Waals surface area contributed by atoms with Gasteiger partial charge in [0.05, 0.1) is 20.8 Å². The Kier molecular flexibility index (Phi) is 4.63. The van der Waals surface area contributed by atoms with Crippen LogP contribution in [0.5, 0.6) is 11.5 Å². The Balaban J connectivity index is 2.24. The SMILES string of the molecule is CNC(C)c1ccn(Cc2nccc(OC)c2OC)c1. The lowest BCUT2D eigenvalue weighted by atomic mass is 10.2. The third-order valence-electron chi connectivity index (χ3n) is 3.40. The zero-order valence-electron chi connectivity index (χ0n) is 12.4. The standard InChI is InChI=1S/C15H21N3O2/c1-11(16-2)12-6-8-18(9-12)10-13-15(20-4)14(19-3)5-7-17-13/h5-9,11,16H,10H2,1-4H3. The molecule has 0 saturated carbocycles. The first kappa shape index (κ1) is 14.4. The van der Waals surface area contributed by atoms with Crippen LogP contribution in [0.4, 0.5) is 0 Å². The Morgan fingerprint density at radius 2 is 2.10 bits per heavy atom. The second kappa shape index (κ2) is 6.43. The van der Waals surface area contributed by atoms with Crippen molar-refractivity contribution in [1.29, 1.82) is 0 Å². The maximum atomic E-state index is 5.40. The van der Waals surface area contributed by atoms with Crippen molar-refractivity contribution in [2.45, 2.75) is 19.5 Å². The van der Waals surface area contributed by atoms with Crippen LogP contribution in [0.3, 0.4) is 0 Å². The molecular formula is C15H21N3O2. The first-order chi connectivity index (χ1) is 9.69. The van der Waals surface area contributed by atoms with E-state index in [0.29, 0.717) is 24.1 Å². The highest BCUT2D eigenvalue weighted by Gasteiger charge is 2.12. The van der Waals surface area contributed by atoms with Crippen LogP contribution in [-0.4, -0.2) is 30.8 Å². The summed E-state index contributed by atoms with van der Waals surface area (Å²) in [4.78, 5) is 4.39. The average Bonchev–Trinajstić information content (AvgIpc) is 2.94. The summed E-state index contributed by atoms with van der Waals surface area (Å²) in [5, 5.41) is 3.23. The number of hydrogen-bond acceptors (Lipinski definition) is 4. The Bertz CT molecular complexity index is 566. The Morgan fingerprint density at radius 1 is 1.30 bits per heavy atom. The third-order valence-corrected chi connectivity index (χ3v) is 3.40. The first-order valence-electron chi connectivity index (χ1n) is 6.58. The van der Waals surface area contributed by atoms with E-state index in [2.05, 4.69) is 34.1 Å². The molecule has 108 valence electrons. The maximum absolute atomic E-state index is 5.40. The van der Waals surface area contributed by atoms with Gasteiger partial charge in [0, 0.05) is 30.7 Å². The van der Waals surface area contributed by atoms with Gasteiger partial charge in [0.1, 0.15) is 5.69 Å². The van der Waals surface area contributed by atoms with Crippen LogP contribution in [-0.2, 0) is 6.54 Å². The molecule has 2 aromatic rings. The molecule has 0 bridgehead atoms. The van der Waals surface area contributed by atoms with Gasteiger partial charge in [0.15, 0.2) is 11.5 Å². The lowest BCUT2D eigenvalue weighted by Gasteiger charge is -2.12. The quantitative estimate of drug-likeness (QED) is 0.878. The fourth-order valence-corrected chi connectivity index (χ4v) is 2.12. The minimum absolute atomic E-state index is 0.330. The van der Waals surface area contributed by atoms with Gasteiger partial charge in [-0.1, -0.05) is 0 Å². The highest BCUT2D eigenvalue weighted by Crippen LogP contribution is 2.29. The third kappa shape index (κ3) is 2.93. The molecule has 2 rings (SSSR count). The maximum Gasteiger partial charge on any atom is 0.184 e. The van der Waals surface area contributed by atoms with Crippen LogP contribution >= 0.6 is 0 Å². The van der Waals surface area contributed by atoms with E-state index in [9.17, 15) is 0 Å². The second-order valence-corrected chi connectivity index (χ2v) is 4.62. The zero-order chi connectivity index (χ0) is 14.5. The number of hydrogen-bond donors (Lipinski definition) is 1. The lowest BCUT2D eigenvalue weighted by molar-refractivity contribution is 0.348. The molecule has 20 heavy (non-hydrogen) atoms. The van der Waals surface area contributed by atoms with E-state index in [0.717, 1.165) is 5.69 Å². The normalized spacial score (nSPS) is 12.2. The summed E-state index contributed by atoms with van der Waals surface area (Å²) in [6.45, 7) is 2.78. The summed E-state index contributed by atoms with van der Waals surface area (Å²) in [7, 11) is 5.21. The summed E-state index contributed by atoms with van der Waals surface area (Å²) in [6, 6.07) is 4.23. The van der Waals surface area contributed by atoms with Crippen LogP contribution < -0.4 is 14.8 Å². The summed E-state index contributed by atoms with van der Waals surface area (Å²) in [6.07, 6.45) is 5.89. The summed E-state index contributed by atoms with van der Waals surface area (Å²) in [5.74, 6) is 1.39. The molecule has 1 unspecified atom stereocenters. The molecule has 0 radical (unpaired) electrons. The molecule has 0 aliphatic heterocycles. The van der Waals surface area contributed by atoms with Crippen molar-refractivity contribution in [3.63, 3.8) is 0 Å². The molecule has 0 spiro atoms. The lowest BCUT2D eigenvalue weighted by Crippen LogP contribution is -2.11. The highest BCUT2D eigenvalue weighted by atomic mass is 16.5. The van der Waals surface area contributed by atoms with E-state index in [1.165, 1.54) is 5.56 Å². The monoisotopic (exact) mass is 275 g/mol. The van der Waals surface area contributed by atoms with E-state index in [1.54, 1.807) is 26.5 Å². The molecule has 0 fully saturated rings. The molecule has 0 aromatic carbocycles. The number of pyridine rings is 1. The van der Waals surface area contributed by atoms with E-state index < -0.39 is 0 Å². The summed E-state index contributed by atoms with van der Waals surface area (Å²) >= 11 is 0. The van der Waals surface area contributed by atoms with Crippen molar-refractivity contribution in [3.05, 3.63) is 42.0 Å². The minimum Gasteiger partial charge on any atom is -0.493 e. The molecule has 2 aromatic heterocycles. The minimum atomic E-state index is 0.330. The molecule has 0 aliphatic rings. The number of ether oxygens (including phenoxy) is 2. The smallest absolute Gasteiger partial charge is 0.184 e. The van der Waals surface area contributed by atoms with Gasteiger partial charge in [0.2, 0.25) is 0 Å². The topological polar surface area (TPSA) is 48.3 Å². The number of rotatable bonds is 6. The van der Waals surface area contributed by atoms with Gasteiger partial charge < -0.3 is 19.4 Å². The number of nitrogens with zero attached hydrogens (tertiary/aromatic N) is 2. The predicted octanol–water partition coefficient (Wildman–Crippen LogP) is 2.23. The van der Waals surface area contributed by atoms with Gasteiger partial charge in [-0.25, -0.2) is 0 Å². The molecular weight excluding hydrogens is 254 g/mol. The Hall–Kier alpha value is -2.01. The van der Waals surface area contributed by atoms with Crippen LogP contribution in [0, 0.1) is 0 Å². The van der Waals surface area contributed by atoms with Crippen LogP contribution in [0.15, 0.2) is 30.7 Å². The van der Waals surface area contributed by atoms with Gasteiger partial charge in [-0.3, -0.25) is 4.98 Å². The van der Waals surface area contributed by atoms with E-state index in [4.69, 9.17) is 9.47 Å². The van der Waals surface area contributed by atoms with E-state index >= 15 is 0 Å². The van der Waals surface area contributed by atoms with E-state index in [-0.39, 0.29) is 0 Å². The molecule has 0 aliphatic carbocycles. The Labute approximate surface area is 119 Å². The van der Waals surface area contributed by atoms with Crippen LogP contribution in [0.1, 0.15) is 24.2 Å². The van der Waals surface area contributed by atoms with Crippen molar-refractivity contribution in [1.82, 2.24) is 14.9 Å². The largest absolute Gasteiger partial charge is 0.493 e. The van der Waals surface area contributed by atoms with Crippen molar-refractivity contribution < 1.29 is 9.47 Å². The molecule has 2 heterocycles. The van der Waals surface area contributed by atoms with Crippen molar-refractivity contribution in [2.75, 3.05) is 21.3 Å². The van der Waals surface area contributed by atoms with Crippen LogP contribution in [0.2, 0.25) is 0 Å². The van der Waals surface area contributed by atoms with Gasteiger partial charge in [-0.05, 0) is 25.6 Å². The number of nitrogens with one attached hydrogen (secondary N) is 1. The first-order valence-corrected chi connectivity index (χ1v) is 6.58. The molecule has 5 heteroatoms. The van der Waals surface area contributed by atoms with Crippen LogP contribution in [0.25, 0.3) is 0 Å². The van der Waals surface area contributed by atoms with Gasteiger partial charge >= 0.3 is 0 Å². The van der Waals surface area contributed by atoms with Crippen molar-refractivity contribution in [2.24, 2.45) is 0 Å².